The molecule has 1 unspecified atom stereocenters. The first kappa shape index (κ1) is 23.5. The van der Waals surface area contributed by atoms with Gasteiger partial charge in [-0.15, -0.1) is 0 Å². The molecule has 0 aliphatic heterocycles. The quantitative estimate of drug-likeness (QED) is 0.588. The molecule has 2 aromatic carbocycles. The number of carbonyl (C=O) groups excluding carboxylic acids is 3. The van der Waals surface area contributed by atoms with Crippen molar-refractivity contribution in [2.45, 2.75) is 64.5 Å². The van der Waals surface area contributed by atoms with Crippen LogP contribution in [-0.2, 0) is 19.1 Å². The molecule has 6 heteroatoms. The largest absolute Gasteiger partial charge is 0.460 e. The van der Waals surface area contributed by atoms with E-state index in [4.69, 9.17) is 9.47 Å². The van der Waals surface area contributed by atoms with Crippen LogP contribution in [0.2, 0.25) is 0 Å². The average molecular weight is 438 g/mol. The Labute approximate surface area is 189 Å². The lowest BCUT2D eigenvalue weighted by Crippen LogP contribution is -2.40. The third-order valence-corrected chi connectivity index (χ3v) is 5.42. The minimum absolute atomic E-state index is 0.0453. The molecule has 0 saturated heterocycles. The number of ether oxygens (including phenoxy) is 2. The van der Waals surface area contributed by atoms with Gasteiger partial charge in [-0.1, -0.05) is 48.5 Å². The molecule has 1 amide bonds. The summed E-state index contributed by atoms with van der Waals surface area (Å²) < 4.78 is 10.8. The fraction of sp³-hybridized carbons (Fsp3) is 0.423. The number of fused-ring (bicyclic) bond motifs is 3. The van der Waals surface area contributed by atoms with Gasteiger partial charge in [0.2, 0.25) is 0 Å². The average Bonchev–Trinajstić information content (AvgIpc) is 3.04. The van der Waals surface area contributed by atoms with E-state index in [-0.39, 0.29) is 30.7 Å². The van der Waals surface area contributed by atoms with Gasteiger partial charge in [-0.2, -0.15) is 0 Å². The Balaban J connectivity index is 1.54. The lowest BCUT2D eigenvalue weighted by molar-refractivity contribution is -0.155. The minimum atomic E-state index is -0.701. The lowest BCUT2D eigenvalue weighted by atomic mass is 9.98. The Bertz CT molecular complexity index is 946. The summed E-state index contributed by atoms with van der Waals surface area (Å²) >= 11 is 0. The van der Waals surface area contributed by atoms with E-state index in [1.807, 2.05) is 45.0 Å². The molecule has 32 heavy (non-hydrogen) atoms. The molecule has 0 aromatic heterocycles. The van der Waals surface area contributed by atoms with E-state index in [2.05, 4.69) is 29.6 Å². The summed E-state index contributed by atoms with van der Waals surface area (Å²) in [6.07, 6.45) is 0.332. The standard InChI is InChI=1S/C26H31NO5/c1-17(28)23(14-9-15-24(29)32-26(2,3)4)27-25(30)31-16-22-20-12-7-5-10-18(20)19-11-6-8-13-21(19)22/h5-8,10-13,22-23H,9,14-16H2,1-4H3,(H,27,30). The van der Waals surface area contributed by atoms with Crippen LogP contribution in [0.25, 0.3) is 11.1 Å². The van der Waals surface area contributed by atoms with Gasteiger partial charge in [-0.25, -0.2) is 4.79 Å². The van der Waals surface area contributed by atoms with Crippen molar-refractivity contribution in [3.8, 4) is 11.1 Å². The normalized spacial score (nSPS) is 13.6. The first-order valence-corrected chi connectivity index (χ1v) is 11.0. The molecular weight excluding hydrogens is 406 g/mol. The number of carbonyl (C=O) groups is 3. The van der Waals surface area contributed by atoms with Crippen LogP contribution < -0.4 is 5.32 Å². The number of Topliss-reactive ketones (excluding diaryl/α,β-unsaturated/α-hetero) is 1. The van der Waals surface area contributed by atoms with Crippen molar-refractivity contribution in [1.29, 1.82) is 0 Å². The maximum Gasteiger partial charge on any atom is 0.407 e. The van der Waals surface area contributed by atoms with Gasteiger partial charge in [-0.3, -0.25) is 9.59 Å². The Morgan fingerprint density at radius 3 is 2.06 bits per heavy atom. The Morgan fingerprint density at radius 2 is 1.53 bits per heavy atom. The molecule has 1 atom stereocenters. The summed E-state index contributed by atoms with van der Waals surface area (Å²) in [5, 5.41) is 2.65. The zero-order chi connectivity index (χ0) is 23.3. The molecule has 1 N–H and O–H groups in total. The summed E-state index contributed by atoms with van der Waals surface area (Å²) in [5.74, 6) is -0.542. The highest BCUT2D eigenvalue weighted by molar-refractivity contribution is 5.85. The van der Waals surface area contributed by atoms with Crippen LogP contribution in [0.4, 0.5) is 4.79 Å². The molecular formula is C26H31NO5. The van der Waals surface area contributed by atoms with Crippen LogP contribution in [0.5, 0.6) is 0 Å². The van der Waals surface area contributed by atoms with Crippen molar-refractivity contribution in [2.24, 2.45) is 0 Å². The number of hydrogen-bond donors (Lipinski definition) is 1. The minimum Gasteiger partial charge on any atom is -0.460 e. The highest BCUT2D eigenvalue weighted by Crippen LogP contribution is 2.44. The van der Waals surface area contributed by atoms with Gasteiger partial charge in [0, 0.05) is 12.3 Å². The molecule has 0 bridgehead atoms. The molecule has 3 rings (SSSR count). The Hall–Kier alpha value is -3.15. The predicted molar refractivity (Wildman–Crippen MR) is 122 cm³/mol. The molecule has 0 saturated carbocycles. The monoisotopic (exact) mass is 437 g/mol. The van der Waals surface area contributed by atoms with E-state index in [1.165, 1.54) is 6.92 Å². The van der Waals surface area contributed by atoms with Crippen LogP contribution in [0, 0.1) is 0 Å². The van der Waals surface area contributed by atoms with Crippen molar-refractivity contribution < 1.29 is 23.9 Å². The molecule has 0 fully saturated rings. The highest BCUT2D eigenvalue weighted by atomic mass is 16.6. The summed E-state index contributed by atoms with van der Waals surface area (Å²) in [6, 6.07) is 15.5. The van der Waals surface area contributed by atoms with E-state index in [0.29, 0.717) is 12.8 Å². The number of ketones is 1. The van der Waals surface area contributed by atoms with E-state index < -0.39 is 17.7 Å². The lowest BCUT2D eigenvalue weighted by Gasteiger charge is -2.20. The van der Waals surface area contributed by atoms with Crippen LogP contribution in [0.1, 0.15) is 64.0 Å². The van der Waals surface area contributed by atoms with E-state index in [0.717, 1.165) is 22.3 Å². The number of benzene rings is 2. The fourth-order valence-corrected chi connectivity index (χ4v) is 4.00. The van der Waals surface area contributed by atoms with Crippen LogP contribution in [-0.4, -0.2) is 36.1 Å². The van der Waals surface area contributed by atoms with Crippen LogP contribution in [0.15, 0.2) is 48.5 Å². The number of rotatable bonds is 8. The number of esters is 1. The number of hydrogen-bond acceptors (Lipinski definition) is 5. The van der Waals surface area contributed by atoms with Crippen molar-refractivity contribution in [3.63, 3.8) is 0 Å². The van der Waals surface area contributed by atoms with Gasteiger partial charge in [0.1, 0.15) is 12.2 Å². The second-order valence-corrected chi connectivity index (χ2v) is 9.11. The summed E-state index contributed by atoms with van der Waals surface area (Å²) in [4.78, 5) is 36.3. The van der Waals surface area contributed by atoms with Crippen molar-refractivity contribution >= 4 is 17.8 Å². The Morgan fingerprint density at radius 1 is 0.969 bits per heavy atom. The predicted octanol–water partition coefficient (Wildman–Crippen LogP) is 4.99. The molecule has 0 radical (unpaired) electrons. The van der Waals surface area contributed by atoms with Crippen LogP contribution >= 0.6 is 0 Å². The first-order valence-electron chi connectivity index (χ1n) is 11.0. The second-order valence-electron chi connectivity index (χ2n) is 9.11. The zero-order valence-corrected chi connectivity index (χ0v) is 19.1. The SMILES string of the molecule is CC(=O)C(CCCC(=O)OC(C)(C)C)NC(=O)OCC1c2ccccc2-c2ccccc21. The molecule has 0 heterocycles. The molecule has 170 valence electrons. The maximum atomic E-state index is 12.4. The van der Waals surface area contributed by atoms with Gasteiger partial charge in [0.05, 0.1) is 6.04 Å². The molecule has 6 nitrogen and oxygen atoms in total. The highest BCUT2D eigenvalue weighted by Gasteiger charge is 2.29. The van der Waals surface area contributed by atoms with Crippen molar-refractivity contribution in [3.05, 3.63) is 59.7 Å². The fourth-order valence-electron chi connectivity index (χ4n) is 4.00. The van der Waals surface area contributed by atoms with Crippen LogP contribution in [0.3, 0.4) is 0 Å². The van der Waals surface area contributed by atoms with E-state index in [1.54, 1.807) is 0 Å². The molecule has 2 aromatic rings. The van der Waals surface area contributed by atoms with Crippen molar-refractivity contribution in [2.75, 3.05) is 6.61 Å². The molecule has 1 aliphatic carbocycles. The molecule has 1 aliphatic rings. The van der Waals surface area contributed by atoms with Crippen molar-refractivity contribution in [1.82, 2.24) is 5.32 Å². The Kier molecular flexibility index (Phi) is 7.33. The number of nitrogens with one attached hydrogen (secondary N) is 1. The third-order valence-electron chi connectivity index (χ3n) is 5.42. The smallest absolute Gasteiger partial charge is 0.407 e. The summed E-state index contributed by atoms with van der Waals surface area (Å²) in [6.45, 7) is 7.02. The second kappa shape index (κ2) is 9.98. The van der Waals surface area contributed by atoms with Gasteiger partial charge in [-0.05, 0) is 62.8 Å². The van der Waals surface area contributed by atoms with Gasteiger partial charge in [0.15, 0.2) is 5.78 Å². The van der Waals surface area contributed by atoms with E-state index in [9.17, 15) is 14.4 Å². The molecule has 0 spiro atoms. The van der Waals surface area contributed by atoms with Gasteiger partial charge in [0.25, 0.3) is 0 Å². The van der Waals surface area contributed by atoms with E-state index >= 15 is 0 Å². The summed E-state index contributed by atoms with van der Waals surface area (Å²) in [7, 11) is 0. The number of amides is 1. The zero-order valence-electron chi connectivity index (χ0n) is 19.1. The number of alkyl carbamates (subject to hydrolysis) is 1. The topological polar surface area (TPSA) is 81.7 Å². The third kappa shape index (κ3) is 5.96. The van der Waals surface area contributed by atoms with Gasteiger partial charge >= 0.3 is 12.1 Å². The maximum absolute atomic E-state index is 12.4. The summed E-state index contributed by atoms with van der Waals surface area (Å²) in [5.41, 5.74) is 4.02. The van der Waals surface area contributed by atoms with Gasteiger partial charge < -0.3 is 14.8 Å². The first-order chi connectivity index (χ1) is 15.2.